The van der Waals surface area contributed by atoms with Crippen molar-refractivity contribution in [1.82, 2.24) is 34.5 Å². The molecule has 6 fully saturated rings. The second kappa shape index (κ2) is 56.0. The van der Waals surface area contributed by atoms with E-state index in [0.717, 1.165) is 170 Å². The van der Waals surface area contributed by atoms with Gasteiger partial charge in [0, 0.05) is 135 Å². The predicted molar refractivity (Wildman–Crippen MR) is 597 cm³/mol. The Balaban J connectivity index is 0.000000227. The van der Waals surface area contributed by atoms with Gasteiger partial charge in [-0.15, -0.1) is 0 Å². The van der Waals surface area contributed by atoms with Crippen molar-refractivity contribution < 1.29 is 40.2 Å². The average Bonchev–Trinajstić information content (AvgIpc) is 1.76. The lowest BCUT2D eigenvalue weighted by Crippen LogP contribution is -2.45. The molecule has 0 bridgehead atoms. The van der Waals surface area contributed by atoms with Crippen molar-refractivity contribution >= 4 is 151 Å². The quantitative estimate of drug-likeness (QED) is 0.0576. The summed E-state index contributed by atoms with van der Waals surface area (Å²) in [5, 5.41) is 6.23. The van der Waals surface area contributed by atoms with E-state index in [0.29, 0.717) is 120 Å². The molecule has 11 nitrogen and oxygen atoms in total. The van der Waals surface area contributed by atoms with Crippen LogP contribution < -0.4 is 9.80 Å². The highest BCUT2D eigenvalue weighted by molar-refractivity contribution is 6.37. The summed E-state index contributed by atoms with van der Waals surface area (Å²) in [5.41, 5.74) is 5.02. The van der Waals surface area contributed by atoms with E-state index in [4.69, 9.17) is 149 Å². The van der Waals surface area contributed by atoms with E-state index in [1.165, 1.54) is 62.5 Å². The highest BCUT2D eigenvalue weighted by atomic mass is 35.5. The minimum absolute atomic E-state index is 0.0839. The number of hydrogen-bond acceptors (Lipinski definition) is 11. The van der Waals surface area contributed by atoms with Gasteiger partial charge in [0.1, 0.15) is 17.3 Å². The lowest BCUT2D eigenvalue weighted by Gasteiger charge is -2.44. The first-order chi connectivity index (χ1) is 66.3. The van der Waals surface area contributed by atoms with Crippen molar-refractivity contribution in [3.05, 3.63) is 215 Å². The van der Waals surface area contributed by atoms with Gasteiger partial charge in [0.05, 0.1) is 46.5 Å². The molecule has 0 N–H and O–H groups in total. The molecule has 6 saturated heterocycles. The normalized spacial score (nSPS) is 20.0. The summed E-state index contributed by atoms with van der Waals surface area (Å²) in [6, 6.07) is 32.4. The predicted octanol–water partition coefficient (Wildman–Crippen LogP) is 37.1. The third-order valence-corrected chi connectivity index (χ3v) is 35.0. The molecule has 6 aliphatic heterocycles. The summed E-state index contributed by atoms with van der Waals surface area (Å²) in [6.07, 6.45) is 5.39. The Morgan fingerprint density at radius 1 is 0.364 bits per heavy atom. The fraction of sp³-hybridized carbons (Fsp3) is 0.646. The third-order valence-electron chi connectivity index (χ3n) is 32.3. The molecule has 30 heteroatoms. The molecule has 2 aromatic heterocycles. The summed E-state index contributed by atoms with van der Waals surface area (Å²) >= 11 is 72.4. The van der Waals surface area contributed by atoms with Crippen molar-refractivity contribution in [2.75, 3.05) is 129 Å². The zero-order chi connectivity index (χ0) is 107. The first-order valence-electron chi connectivity index (χ1n) is 50.9. The molecular formula is C113H162Cl12F7N9O2. The molecule has 0 radical (unpaired) electrons. The molecule has 5 aromatic carbocycles. The van der Waals surface area contributed by atoms with Crippen molar-refractivity contribution in [2.24, 2.45) is 74.4 Å². The van der Waals surface area contributed by atoms with Crippen LogP contribution in [-0.4, -0.2) is 160 Å². The number of hydrogen-bond donors (Lipinski definition) is 0. The SMILES string of the molecule is CC(C)C1(C)CCN([C@@H](C)c2cc(Cl)cc(Cl)c2)CC1.CC(C)C1(C)CCN([C@H](C)c2cc(Cl)cc(Cl)c2)CC1.CC(C)[C@@H](C)CN(C)c1cc(C(F)(F)F)c(Cl)cn1.CC(C)[C@@]1(C)CCN(c2cc(C(F)(F)F)c(Cl)cn2)C1.CC(c1cc(Cl)cc(Cl)c1)N1CCC(F)(C(C)C)CC1.COC[C@@H](c1cc(Cl)cc(Cl)c1)N1CCC(C(C)(C)C)CC1.COC[C@H](c1cc(Cl)cc(Cl)c1)N1CCC(C(C)(C)C)CC1. The van der Waals surface area contributed by atoms with Gasteiger partial charge in [-0.25, -0.2) is 14.4 Å². The number of methoxy groups -OCH3 is 2. The Kier molecular flexibility index (Phi) is 49.6. The number of nitrogens with zero attached hydrogens (tertiary/aromatic N) is 9. The zero-order valence-corrected chi connectivity index (χ0v) is 98.5. The van der Waals surface area contributed by atoms with Crippen LogP contribution in [0.15, 0.2) is 116 Å². The van der Waals surface area contributed by atoms with E-state index in [9.17, 15) is 30.7 Å². The van der Waals surface area contributed by atoms with Gasteiger partial charge >= 0.3 is 12.4 Å². The Morgan fingerprint density at radius 3 is 0.909 bits per heavy atom. The molecule has 13 rings (SSSR count). The molecule has 7 aromatic rings. The number of pyridine rings is 2. The maximum absolute atomic E-state index is 14.6. The maximum atomic E-state index is 14.6. The van der Waals surface area contributed by atoms with Crippen LogP contribution in [0.5, 0.6) is 0 Å². The maximum Gasteiger partial charge on any atom is 0.418 e. The van der Waals surface area contributed by atoms with Crippen molar-refractivity contribution in [3.8, 4) is 0 Å². The number of rotatable bonds is 23. The number of aromatic nitrogens is 2. The fourth-order valence-electron chi connectivity index (χ4n) is 19.8. The minimum atomic E-state index is -4.46. The molecule has 0 amide bonds. The van der Waals surface area contributed by atoms with Gasteiger partial charge in [0.15, 0.2) is 0 Å². The van der Waals surface area contributed by atoms with E-state index in [2.05, 4.69) is 180 Å². The van der Waals surface area contributed by atoms with E-state index >= 15 is 0 Å². The van der Waals surface area contributed by atoms with Gasteiger partial charge in [-0.2, -0.15) is 26.3 Å². The second-order valence-corrected chi connectivity index (χ2v) is 50.6. The summed E-state index contributed by atoms with van der Waals surface area (Å²) in [7, 11) is 5.23. The van der Waals surface area contributed by atoms with Crippen LogP contribution in [0.25, 0.3) is 0 Å². The number of piperidine rings is 5. The number of likely N-dealkylation sites (tertiary alicyclic amines) is 5. The van der Waals surface area contributed by atoms with Crippen LogP contribution in [-0.2, 0) is 21.8 Å². The fourth-order valence-corrected chi connectivity index (χ4v) is 23.0. The third kappa shape index (κ3) is 38.4. The van der Waals surface area contributed by atoms with E-state index < -0.39 is 29.1 Å². The number of alkyl halides is 7. The van der Waals surface area contributed by atoms with Gasteiger partial charge in [-0.3, -0.25) is 24.5 Å². The highest BCUT2D eigenvalue weighted by Gasteiger charge is 2.44. The van der Waals surface area contributed by atoms with E-state index in [-0.39, 0.29) is 45.3 Å². The van der Waals surface area contributed by atoms with Gasteiger partial charge in [0.25, 0.3) is 0 Å². The molecule has 143 heavy (non-hydrogen) atoms. The molecule has 804 valence electrons. The molecule has 8 heterocycles. The Bertz CT molecular complexity index is 4660. The number of ether oxygens (including phenoxy) is 2. The average molecular weight is 2240 g/mol. The largest absolute Gasteiger partial charge is 0.418 e. The van der Waals surface area contributed by atoms with Crippen LogP contribution in [0, 0.1) is 74.4 Å². The van der Waals surface area contributed by atoms with Crippen LogP contribution in [0.2, 0.25) is 60.3 Å². The zero-order valence-electron chi connectivity index (χ0n) is 89.4. The smallest absolute Gasteiger partial charge is 0.383 e. The van der Waals surface area contributed by atoms with Crippen molar-refractivity contribution in [1.29, 1.82) is 0 Å². The standard InChI is InChI=1S/2C18H27Cl2NO.2C17H25Cl2N.C16H22Cl2FN.C14H18ClF3N2.C13H18ClF3N2/c2*1-18(2,3)14-5-7-21(8-6-14)17(12-22-4)13-9-15(19)11-16(20)10-13;2*1-12(2)17(4)5-7-20(8-6-17)13(3)14-9-15(18)11-16(19)10-14;1-11(2)16(19)4-6-20(7-5-16)12(3)13-8-14(17)10-15(18)9-13;1-9(2)13(3)4-5-20(8-13)12-6-10(14(16,17)18)11(15)7-19-12;1-8(2)9(3)7-19(4)12-5-10(13(15,16)17)11(14)6-18-12/h2*9-11,14,17H,5-8,12H2,1-4H3;2*9-13H,5-8H2,1-4H3;8-12H,4-7H2,1-3H3;6-7,9H,4-5,8H2,1-3H3;5-6,8-9H,7H2,1-4H3/t2*17-;2*13-;;13-;9-/m1010.00/s1. The van der Waals surface area contributed by atoms with Gasteiger partial charge in [0.2, 0.25) is 0 Å². The first-order valence-corrected chi connectivity index (χ1v) is 55.5. The molecule has 0 spiro atoms. The molecule has 6 aliphatic rings. The molecule has 0 aliphatic carbocycles. The van der Waals surface area contributed by atoms with Crippen molar-refractivity contribution in [2.45, 2.75) is 278 Å². The highest BCUT2D eigenvalue weighted by Crippen LogP contribution is 2.48. The summed E-state index contributed by atoms with van der Waals surface area (Å²) < 4.78 is 102. The molecule has 1 unspecified atom stereocenters. The Labute approximate surface area is 914 Å². The van der Waals surface area contributed by atoms with Gasteiger partial charge in [-0.05, 0) is 349 Å². The number of anilines is 2. The Morgan fingerprint density at radius 2 is 0.643 bits per heavy atom. The molecular weight excluding hydrogens is 2070 g/mol. The summed E-state index contributed by atoms with van der Waals surface area (Å²) in [4.78, 5) is 24.1. The van der Waals surface area contributed by atoms with Crippen LogP contribution in [0.3, 0.4) is 0 Å². The summed E-state index contributed by atoms with van der Waals surface area (Å²) in [6.45, 7) is 65.5. The first kappa shape index (κ1) is 127. The van der Waals surface area contributed by atoms with Crippen molar-refractivity contribution in [3.63, 3.8) is 0 Å². The minimum Gasteiger partial charge on any atom is -0.383 e. The van der Waals surface area contributed by atoms with Gasteiger partial charge in [-0.1, -0.05) is 278 Å². The summed E-state index contributed by atoms with van der Waals surface area (Å²) in [5.74, 6) is 5.08. The lowest BCUT2D eigenvalue weighted by molar-refractivity contribution is -0.138. The van der Waals surface area contributed by atoms with E-state index in [1.54, 1.807) is 56.5 Å². The monoisotopic (exact) mass is 2230 g/mol. The van der Waals surface area contributed by atoms with E-state index in [1.807, 2.05) is 79.4 Å². The lowest BCUT2D eigenvalue weighted by atomic mass is 9.71. The van der Waals surface area contributed by atoms with Crippen LogP contribution in [0.4, 0.5) is 42.4 Å². The topological polar surface area (TPSA) is 66.9 Å². The van der Waals surface area contributed by atoms with Crippen LogP contribution in [0.1, 0.15) is 299 Å². The van der Waals surface area contributed by atoms with Crippen LogP contribution >= 0.6 is 139 Å². The molecule has 0 saturated carbocycles. The molecule has 7 atom stereocenters. The number of benzene rings is 5. The second-order valence-electron chi connectivity index (χ2n) is 45.4. The Hall–Kier alpha value is -3.29. The van der Waals surface area contributed by atoms with Gasteiger partial charge < -0.3 is 19.3 Å². The number of halogens is 19.